The summed E-state index contributed by atoms with van der Waals surface area (Å²) in [6.45, 7) is 0.946. The lowest BCUT2D eigenvalue weighted by atomic mass is 9.92. The van der Waals surface area contributed by atoms with Gasteiger partial charge in [0.2, 0.25) is 0 Å². The molecule has 4 aromatic rings. The highest BCUT2D eigenvalue weighted by atomic mass is 31.2. The molecule has 2 N–H and O–H groups in total. The Hall–Kier alpha value is -2.70. The number of hydrogen-bond donors (Lipinski definition) is 2. The van der Waals surface area contributed by atoms with E-state index in [1.54, 1.807) is 36.4 Å². The van der Waals surface area contributed by atoms with Crippen LogP contribution in [0.3, 0.4) is 0 Å². The van der Waals surface area contributed by atoms with Crippen molar-refractivity contribution >= 4 is 47.3 Å². The van der Waals surface area contributed by atoms with Crippen molar-refractivity contribution in [3.05, 3.63) is 60.7 Å². The molecule has 0 aliphatic carbocycles. The molecule has 0 aromatic heterocycles. The first-order valence-electron chi connectivity index (χ1n) is 11.7. The number of aromatic hydroxyl groups is 2. The zero-order valence-electron chi connectivity index (χ0n) is 19.3. The fraction of sp³-hybridized carbons (Fsp3) is 0.231. The average molecular weight is 526 g/mol. The summed E-state index contributed by atoms with van der Waals surface area (Å²) in [4.78, 5) is 0. The third kappa shape index (κ3) is 3.77. The maximum atomic E-state index is 13.6. The highest BCUT2D eigenvalue weighted by molar-refractivity contribution is 7.62. The molecule has 0 bridgehead atoms. The van der Waals surface area contributed by atoms with Gasteiger partial charge in [0.15, 0.2) is 0 Å². The molecule has 0 saturated carbocycles. The van der Waals surface area contributed by atoms with Gasteiger partial charge in [-0.3, -0.25) is 9.13 Å². The Morgan fingerprint density at radius 2 is 0.944 bits per heavy atom. The fourth-order valence-electron chi connectivity index (χ4n) is 4.78. The van der Waals surface area contributed by atoms with Crippen molar-refractivity contribution < 1.29 is 37.4 Å². The molecule has 2 saturated heterocycles. The minimum atomic E-state index is -3.82. The van der Waals surface area contributed by atoms with E-state index in [9.17, 15) is 19.3 Å². The minimum Gasteiger partial charge on any atom is -0.506 e. The van der Waals surface area contributed by atoms with E-state index in [-0.39, 0.29) is 59.7 Å². The third-order valence-corrected chi connectivity index (χ3v) is 10.4. The van der Waals surface area contributed by atoms with Gasteiger partial charge in [0.1, 0.15) is 22.1 Å². The van der Waals surface area contributed by atoms with Crippen LogP contribution in [0.4, 0.5) is 0 Å². The summed E-state index contributed by atoms with van der Waals surface area (Å²) in [5, 5.41) is 25.8. The molecule has 0 spiro atoms. The number of hydrogen-bond acceptors (Lipinski definition) is 8. The van der Waals surface area contributed by atoms with Crippen LogP contribution in [0.2, 0.25) is 0 Å². The van der Waals surface area contributed by atoms with Gasteiger partial charge in [0, 0.05) is 11.1 Å². The highest BCUT2D eigenvalue weighted by Gasteiger charge is 2.38. The number of benzene rings is 4. The van der Waals surface area contributed by atoms with E-state index in [1.807, 2.05) is 24.3 Å². The number of phenolic OH excluding ortho intramolecular Hbond substituents is 2. The van der Waals surface area contributed by atoms with Crippen LogP contribution >= 0.6 is 15.2 Å². The summed E-state index contributed by atoms with van der Waals surface area (Å²) in [7, 11) is -7.64. The largest absolute Gasteiger partial charge is 0.506 e. The van der Waals surface area contributed by atoms with Crippen LogP contribution in [0.1, 0.15) is 12.8 Å². The summed E-state index contributed by atoms with van der Waals surface area (Å²) in [5.74, 6) is -0.666. The summed E-state index contributed by atoms with van der Waals surface area (Å²) in [6, 6.07) is 17.7. The molecule has 6 rings (SSSR count). The molecule has 2 aliphatic heterocycles. The lowest BCUT2D eigenvalue weighted by Crippen LogP contribution is -2.19. The SMILES string of the molecule is O=P1(c2cc3ccccc3c(-c3c(O)c(P4(=O)OCCCO4)cc4ccccc34)c2O)OCCCO1. The first kappa shape index (κ1) is 23.7. The van der Waals surface area contributed by atoms with Crippen molar-refractivity contribution in [3.8, 4) is 22.6 Å². The molecule has 0 amide bonds. The van der Waals surface area contributed by atoms with E-state index < -0.39 is 15.2 Å². The summed E-state index contributed by atoms with van der Waals surface area (Å²) >= 11 is 0. The van der Waals surface area contributed by atoms with E-state index in [1.165, 1.54) is 0 Å². The van der Waals surface area contributed by atoms with Crippen molar-refractivity contribution in [3.63, 3.8) is 0 Å². The third-order valence-electron chi connectivity index (χ3n) is 6.47. The van der Waals surface area contributed by atoms with Gasteiger partial charge in [-0.15, -0.1) is 0 Å². The summed E-state index contributed by atoms with van der Waals surface area (Å²) in [6.07, 6.45) is 1.18. The maximum Gasteiger partial charge on any atom is 0.365 e. The number of fused-ring (bicyclic) bond motifs is 2. The molecule has 10 heteroatoms. The van der Waals surface area contributed by atoms with E-state index in [0.717, 1.165) is 0 Å². The Kier molecular flexibility index (Phi) is 5.92. The normalized spacial score (nSPS) is 19.4. The van der Waals surface area contributed by atoms with Gasteiger partial charge in [-0.1, -0.05) is 48.5 Å². The summed E-state index contributed by atoms with van der Waals surface area (Å²) in [5.41, 5.74) is 0.463. The number of phenols is 2. The Bertz CT molecular complexity index is 1460. The molecule has 0 radical (unpaired) electrons. The van der Waals surface area contributed by atoms with Gasteiger partial charge in [0.25, 0.3) is 0 Å². The van der Waals surface area contributed by atoms with Crippen LogP contribution in [-0.2, 0) is 27.2 Å². The van der Waals surface area contributed by atoms with Crippen molar-refractivity contribution in [2.75, 3.05) is 26.4 Å². The van der Waals surface area contributed by atoms with Crippen LogP contribution in [0.25, 0.3) is 32.7 Å². The lowest BCUT2D eigenvalue weighted by Gasteiger charge is -2.27. The Labute approximate surface area is 207 Å². The molecule has 36 heavy (non-hydrogen) atoms. The molecule has 4 aromatic carbocycles. The Morgan fingerprint density at radius 1 is 0.583 bits per heavy atom. The van der Waals surface area contributed by atoms with Gasteiger partial charge in [0.05, 0.1) is 26.4 Å². The van der Waals surface area contributed by atoms with Crippen LogP contribution in [-0.4, -0.2) is 36.6 Å². The second-order valence-electron chi connectivity index (χ2n) is 8.72. The standard InChI is InChI=1S/C26H24O8P2/c27-25-21(35(29)31-11-5-12-32-35)15-17-7-1-3-9-19(17)23(25)24-20-10-4-2-8-18(20)16-22(26(24)28)36(30)33-13-6-14-34-36/h1-4,7-10,15-16,27-28H,5-6,11-14H2. The first-order valence-corrected chi connectivity index (χ1v) is 14.8. The molecule has 0 atom stereocenters. The van der Waals surface area contributed by atoms with Crippen molar-refractivity contribution in [2.24, 2.45) is 0 Å². The smallest absolute Gasteiger partial charge is 0.365 e. The second-order valence-corrected chi connectivity index (χ2v) is 12.7. The molecule has 2 heterocycles. The predicted octanol–water partition coefficient (Wildman–Crippen LogP) is 5.58. The van der Waals surface area contributed by atoms with E-state index in [4.69, 9.17) is 18.1 Å². The van der Waals surface area contributed by atoms with Gasteiger partial charge in [-0.2, -0.15) is 0 Å². The van der Waals surface area contributed by atoms with Crippen molar-refractivity contribution in [1.29, 1.82) is 0 Å². The van der Waals surface area contributed by atoms with E-state index >= 15 is 0 Å². The lowest BCUT2D eigenvalue weighted by molar-refractivity contribution is 0.153. The maximum absolute atomic E-state index is 13.6. The van der Waals surface area contributed by atoms with Gasteiger partial charge in [-0.05, 0) is 46.5 Å². The molecule has 186 valence electrons. The van der Waals surface area contributed by atoms with Crippen LogP contribution in [0.15, 0.2) is 60.7 Å². The second kappa shape index (κ2) is 9.00. The molecule has 2 aliphatic rings. The zero-order chi connectivity index (χ0) is 24.9. The quantitative estimate of drug-likeness (QED) is 0.333. The first-order chi connectivity index (χ1) is 17.4. The number of rotatable bonds is 3. The van der Waals surface area contributed by atoms with E-state index in [2.05, 4.69) is 0 Å². The predicted molar refractivity (Wildman–Crippen MR) is 138 cm³/mol. The zero-order valence-corrected chi connectivity index (χ0v) is 21.0. The van der Waals surface area contributed by atoms with Gasteiger partial charge >= 0.3 is 15.2 Å². The molecule has 0 unspecified atom stereocenters. The van der Waals surface area contributed by atoms with Crippen LogP contribution < -0.4 is 10.6 Å². The van der Waals surface area contributed by atoms with Crippen molar-refractivity contribution in [2.45, 2.75) is 12.8 Å². The minimum absolute atomic E-state index is 0.0154. The van der Waals surface area contributed by atoms with Crippen LogP contribution in [0.5, 0.6) is 11.5 Å². The molecular weight excluding hydrogens is 502 g/mol. The molecule has 8 nitrogen and oxygen atoms in total. The van der Waals surface area contributed by atoms with E-state index in [0.29, 0.717) is 34.4 Å². The topological polar surface area (TPSA) is 112 Å². The van der Waals surface area contributed by atoms with Gasteiger partial charge in [-0.25, -0.2) is 0 Å². The highest BCUT2D eigenvalue weighted by Crippen LogP contribution is 2.57. The molecular formula is C26H24O8P2. The molecule has 2 fully saturated rings. The fourth-order valence-corrected chi connectivity index (χ4v) is 8.30. The Morgan fingerprint density at radius 3 is 1.33 bits per heavy atom. The average Bonchev–Trinajstić information content (AvgIpc) is 2.89. The van der Waals surface area contributed by atoms with Crippen LogP contribution in [0, 0.1) is 0 Å². The van der Waals surface area contributed by atoms with Gasteiger partial charge < -0.3 is 28.3 Å². The Balaban J connectivity index is 1.72. The van der Waals surface area contributed by atoms with Crippen molar-refractivity contribution in [1.82, 2.24) is 0 Å². The monoisotopic (exact) mass is 526 g/mol. The summed E-state index contributed by atoms with van der Waals surface area (Å²) < 4.78 is 49.5.